The van der Waals surface area contributed by atoms with Crippen LogP contribution in [0.2, 0.25) is 0 Å². The van der Waals surface area contributed by atoms with Crippen molar-refractivity contribution >= 4 is 0 Å². The molecule has 0 aliphatic heterocycles. The lowest BCUT2D eigenvalue weighted by atomic mass is 9.74. The molecular weight excluding hydrogens is 336 g/mol. The van der Waals surface area contributed by atoms with Crippen molar-refractivity contribution in [3.8, 4) is 23.0 Å². The van der Waals surface area contributed by atoms with Crippen LogP contribution in [-0.2, 0) is 12.8 Å². The number of phenols is 2. The average Bonchev–Trinajstić information content (AvgIpc) is 2.62. The van der Waals surface area contributed by atoms with Gasteiger partial charge in [0, 0.05) is 18.6 Å². The van der Waals surface area contributed by atoms with Gasteiger partial charge in [0.15, 0.2) is 23.0 Å². The summed E-state index contributed by atoms with van der Waals surface area (Å²) in [5, 5.41) is 39.6. The Morgan fingerprint density at radius 2 is 1.27 bits per heavy atom. The highest BCUT2D eigenvalue weighted by Gasteiger charge is 2.30. The Bertz CT molecular complexity index is 673. The van der Waals surface area contributed by atoms with E-state index < -0.39 is 5.41 Å². The zero-order valence-corrected chi connectivity index (χ0v) is 15.1. The van der Waals surface area contributed by atoms with Crippen molar-refractivity contribution in [2.75, 3.05) is 27.4 Å². The van der Waals surface area contributed by atoms with Gasteiger partial charge in [0.25, 0.3) is 0 Å². The molecule has 0 aliphatic rings. The van der Waals surface area contributed by atoms with E-state index in [9.17, 15) is 20.4 Å². The topological polar surface area (TPSA) is 99.4 Å². The highest BCUT2D eigenvalue weighted by Crippen LogP contribution is 2.36. The largest absolute Gasteiger partial charge is 0.504 e. The maximum absolute atomic E-state index is 10.1. The minimum absolute atomic E-state index is 0.0305. The predicted molar refractivity (Wildman–Crippen MR) is 97.9 cm³/mol. The molecule has 2 rings (SSSR count). The van der Waals surface area contributed by atoms with Crippen LogP contribution in [0.1, 0.15) is 17.5 Å². The number of ether oxygens (including phenoxy) is 2. The number of aromatic hydroxyl groups is 2. The highest BCUT2D eigenvalue weighted by atomic mass is 16.5. The molecule has 0 saturated carbocycles. The first-order valence-electron chi connectivity index (χ1n) is 8.40. The smallest absolute Gasteiger partial charge is 0.160 e. The van der Waals surface area contributed by atoms with Gasteiger partial charge >= 0.3 is 0 Å². The summed E-state index contributed by atoms with van der Waals surface area (Å²) in [5.41, 5.74) is 1.02. The molecule has 0 fully saturated rings. The molecule has 0 unspecified atom stereocenters. The van der Waals surface area contributed by atoms with Crippen molar-refractivity contribution in [2.24, 2.45) is 5.41 Å². The minimum atomic E-state index is -0.628. The van der Waals surface area contributed by atoms with E-state index in [-0.39, 0.29) is 24.7 Å². The lowest BCUT2D eigenvalue weighted by Gasteiger charge is -2.32. The van der Waals surface area contributed by atoms with Crippen molar-refractivity contribution in [2.45, 2.75) is 19.3 Å². The van der Waals surface area contributed by atoms with Gasteiger partial charge in [0.1, 0.15) is 0 Å². The quantitative estimate of drug-likeness (QED) is 0.546. The highest BCUT2D eigenvalue weighted by molar-refractivity contribution is 5.43. The SMILES string of the molecule is COc1ccc(CC(CO)(CCO)Cc2ccc(OC)c(O)c2)cc1O. The lowest BCUT2D eigenvalue weighted by molar-refractivity contribution is 0.0898. The molecule has 6 heteroatoms. The summed E-state index contributed by atoms with van der Waals surface area (Å²) in [6, 6.07) is 10.2. The molecule has 26 heavy (non-hydrogen) atoms. The van der Waals surface area contributed by atoms with E-state index in [2.05, 4.69) is 0 Å². The average molecular weight is 362 g/mol. The van der Waals surface area contributed by atoms with E-state index in [4.69, 9.17) is 9.47 Å². The molecule has 4 N–H and O–H groups in total. The number of aliphatic hydroxyl groups is 2. The van der Waals surface area contributed by atoms with Gasteiger partial charge in [-0.05, 0) is 54.7 Å². The second-order valence-electron chi connectivity index (χ2n) is 6.50. The molecular formula is C20H26O6. The molecule has 0 heterocycles. The zero-order valence-electron chi connectivity index (χ0n) is 15.1. The van der Waals surface area contributed by atoms with Crippen molar-refractivity contribution in [1.82, 2.24) is 0 Å². The van der Waals surface area contributed by atoms with Crippen LogP contribution in [0.4, 0.5) is 0 Å². The van der Waals surface area contributed by atoms with Crippen molar-refractivity contribution < 1.29 is 29.9 Å². The summed E-state index contributed by atoms with van der Waals surface area (Å²) in [4.78, 5) is 0. The molecule has 6 nitrogen and oxygen atoms in total. The van der Waals surface area contributed by atoms with E-state index in [1.807, 2.05) is 12.1 Å². The number of methoxy groups -OCH3 is 2. The maximum Gasteiger partial charge on any atom is 0.160 e. The van der Waals surface area contributed by atoms with E-state index in [0.29, 0.717) is 30.8 Å². The van der Waals surface area contributed by atoms with Gasteiger partial charge in [-0.25, -0.2) is 0 Å². The number of hydrogen-bond donors (Lipinski definition) is 4. The predicted octanol–water partition coefficient (Wildman–Crippen LogP) is 2.26. The fraction of sp³-hybridized carbons (Fsp3) is 0.400. The molecule has 0 saturated heterocycles. The Morgan fingerprint density at radius 3 is 1.58 bits per heavy atom. The van der Waals surface area contributed by atoms with Crippen LogP contribution in [0.5, 0.6) is 23.0 Å². The standard InChI is InChI=1S/C20H26O6/c1-25-18-5-3-14(9-16(18)23)11-20(13-22,7-8-21)12-15-4-6-19(26-2)17(24)10-15/h3-6,9-10,21-24H,7-8,11-13H2,1-2H3. The van der Waals surface area contributed by atoms with E-state index in [1.54, 1.807) is 24.3 Å². The summed E-state index contributed by atoms with van der Waals surface area (Å²) < 4.78 is 10.1. The first-order chi connectivity index (χ1) is 12.5. The Hall–Kier alpha value is -2.44. The second-order valence-corrected chi connectivity index (χ2v) is 6.50. The van der Waals surface area contributed by atoms with Crippen LogP contribution in [-0.4, -0.2) is 47.9 Å². The van der Waals surface area contributed by atoms with E-state index in [1.165, 1.54) is 14.2 Å². The Kier molecular flexibility index (Phi) is 6.71. The van der Waals surface area contributed by atoms with Gasteiger partial charge in [0.2, 0.25) is 0 Å². The molecule has 0 aromatic heterocycles. The molecule has 0 spiro atoms. The monoisotopic (exact) mass is 362 g/mol. The fourth-order valence-corrected chi connectivity index (χ4v) is 3.22. The summed E-state index contributed by atoms with van der Waals surface area (Å²) in [6.45, 7) is -0.224. The van der Waals surface area contributed by atoms with Crippen molar-refractivity contribution in [3.05, 3.63) is 47.5 Å². The van der Waals surface area contributed by atoms with E-state index in [0.717, 1.165) is 11.1 Å². The molecule has 142 valence electrons. The third kappa shape index (κ3) is 4.59. The molecule has 0 amide bonds. The first kappa shape index (κ1) is 19.9. The molecule has 0 bridgehead atoms. The van der Waals surface area contributed by atoms with Gasteiger partial charge in [-0.1, -0.05) is 12.1 Å². The summed E-state index contributed by atoms with van der Waals surface area (Å²) >= 11 is 0. The summed E-state index contributed by atoms with van der Waals surface area (Å²) in [6.07, 6.45) is 1.28. The van der Waals surface area contributed by atoms with Crippen molar-refractivity contribution in [1.29, 1.82) is 0 Å². The number of phenolic OH excluding ortho intramolecular Hbond substituents is 2. The summed E-state index contributed by atoms with van der Waals surface area (Å²) in [5.74, 6) is 0.821. The number of aliphatic hydroxyl groups excluding tert-OH is 2. The van der Waals surface area contributed by atoms with Gasteiger partial charge in [-0.3, -0.25) is 0 Å². The van der Waals surface area contributed by atoms with E-state index >= 15 is 0 Å². The first-order valence-corrected chi connectivity index (χ1v) is 8.40. The van der Waals surface area contributed by atoms with Gasteiger partial charge in [-0.15, -0.1) is 0 Å². The molecule has 0 atom stereocenters. The van der Waals surface area contributed by atoms with Crippen molar-refractivity contribution in [3.63, 3.8) is 0 Å². The lowest BCUT2D eigenvalue weighted by Crippen LogP contribution is -2.32. The number of benzene rings is 2. The summed E-state index contributed by atoms with van der Waals surface area (Å²) in [7, 11) is 2.96. The van der Waals surface area contributed by atoms with Crippen LogP contribution in [0.25, 0.3) is 0 Å². The van der Waals surface area contributed by atoms with Crippen LogP contribution >= 0.6 is 0 Å². The second kappa shape index (κ2) is 8.78. The zero-order chi connectivity index (χ0) is 19.2. The Morgan fingerprint density at radius 1 is 0.808 bits per heavy atom. The van der Waals surface area contributed by atoms with Crippen LogP contribution in [0.15, 0.2) is 36.4 Å². The Balaban J connectivity index is 2.29. The van der Waals surface area contributed by atoms with Crippen LogP contribution < -0.4 is 9.47 Å². The normalized spacial score (nSPS) is 11.4. The number of hydrogen-bond acceptors (Lipinski definition) is 6. The molecule has 0 radical (unpaired) electrons. The van der Waals surface area contributed by atoms with Crippen LogP contribution in [0.3, 0.4) is 0 Å². The molecule has 2 aromatic rings. The third-order valence-corrected chi connectivity index (χ3v) is 4.62. The van der Waals surface area contributed by atoms with Crippen LogP contribution in [0, 0.1) is 5.41 Å². The van der Waals surface area contributed by atoms with Gasteiger partial charge < -0.3 is 29.9 Å². The van der Waals surface area contributed by atoms with Gasteiger partial charge in [0.05, 0.1) is 14.2 Å². The Labute approximate surface area is 153 Å². The maximum atomic E-state index is 10.1. The minimum Gasteiger partial charge on any atom is -0.504 e. The fourth-order valence-electron chi connectivity index (χ4n) is 3.22. The molecule has 0 aliphatic carbocycles. The van der Waals surface area contributed by atoms with Gasteiger partial charge in [-0.2, -0.15) is 0 Å². The molecule has 2 aromatic carbocycles. The number of rotatable bonds is 9. The third-order valence-electron chi connectivity index (χ3n) is 4.62.